The second-order valence-electron chi connectivity index (χ2n) is 5.39. The van der Waals surface area contributed by atoms with Gasteiger partial charge < -0.3 is 14.3 Å². The van der Waals surface area contributed by atoms with Gasteiger partial charge in [-0.2, -0.15) is 0 Å². The van der Waals surface area contributed by atoms with Crippen LogP contribution in [-0.4, -0.2) is 23.2 Å². The summed E-state index contributed by atoms with van der Waals surface area (Å²) in [5.74, 6) is 0.256. The summed E-state index contributed by atoms with van der Waals surface area (Å²) in [6, 6.07) is 16.0. The molecule has 0 aliphatic heterocycles. The third-order valence-electron chi connectivity index (χ3n) is 3.92. The molecule has 0 saturated carbocycles. The smallest absolute Gasteiger partial charge is 0.336 e. The third kappa shape index (κ3) is 2.27. The molecule has 0 radical (unpaired) electrons. The van der Waals surface area contributed by atoms with Gasteiger partial charge >= 0.3 is 5.97 Å². The van der Waals surface area contributed by atoms with E-state index in [2.05, 4.69) is 4.98 Å². The molecule has 4 aromatic rings. The number of carbonyl (C=O) groups is 1. The number of rotatable bonds is 3. The number of nitrogens with zero attached hydrogens (tertiary/aromatic N) is 1. The van der Waals surface area contributed by atoms with Gasteiger partial charge in [-0.15, -0.1) is 0 Å². The highest BCUT2D eigenvalue weighted by Gasteiger charge is 2.15. The van der Waals surface area contributed by atoms with Crippen LogP contribution in [0.1, 0.15) is 10.4 Å². The van der Waals surface area contributed by atoms with E-state index < -0.39 is 5.97 Å². The SMILES string of the molecule is COc1ccc2oc(-c3cc(C(=O)O)c4ccccc4n3)cc2c1. The van der Waals surface area contributed by atoms with Gasteiger partial charge in [0, 0.05) is 10.8 Å². The first-order chi connectivity index (χ1) is 11.7. The predicted molar refractivity (Wildman–Crippen MR) is 90.5 cm³/mol. The van der Waals surface area contributed by atoms with Crippen LogP contribution >= 0.6 is 0 Å². The fourth-order valence-corrected chi connectivity index (χ4v) is 2.75. The maximum atomic E-state index is 11.6. The summed E-state index contributed by atoms with van der Waals surface area (Å²) in [5.41, 5.74) is 2.00. The van der Waals surface area contributed by atoms with E-state index in [0.717, 1.165) is 11.1 Å². The molecule has 5 heteroatoms. The van der Waals surface area contributed by atoms with Crippen LogP contribution in [0.3, 0.4) is 0 Å². The van der Waals surface area contributed by atoms with Crippen molar-refractivity contribution in [3.63, 3.8) is 0 Å². The summed E-state index contributed by atoms with van der Waals surface area (Å²) >= 11 is 0. The number of hydrogen-bond acceptors (Lipinski definition) is 4. The molecular weight excluding hydrogens is 306 g/mol. The molecule has 2 aromatic carbocycles. The topological polar surface area (TPSA) is 72.6 Å². The van der Waals surface area contributed by atoms with Crippen molar-refractivity contribution >= 4 is 27.8 Å². The highest BCUT2D eigenvalue weighted by Crippen LogP contribution is 2.31. The normalized spacial score (nSPS) is 11.0. The minimum atomic E-state index is -0.993. The molecule has 0 unspecified atom stereocenters. The van der Waals surface area contributed by atoms with Gasteiger partial charge in [0.15, 0.2) is 5.76 Å². The van der Waals surface area contributed by atoms with E-state index in [1.165, 1.54) is 0 Å². The van der Waals surface area contributed by atoms with E-state index >= 15 is 0 Å². The number of ether oxygens (including phenoxy) is 1. The van der Waals surface area contributed by atoms with E-state index in [4.69, 9.17) is 9.15 Å². The lowest BCUT2D eigenvalue weighted by Crippen LogP contribution is -1.99. The van der Waals surface area contributed by atoms with Crippen LogP contribution in [0.5, 0.6) is 5.75 Å². The number of furan rings is 1. The predicted octanol–water partition coefficient (Wildman–Crippen LogP) is 4.35. The second-order valence-corrected chi connectivity index (χ2v) is 5.39. The molecule has 5 nitrogen and oxygen atoms in total. The summed E-state index contributed by atoms with van der Waals surface area (Å²) in [4.78, 5) is 16.1. The van der Waals surface area contributed by atoms with Crippen LogP contribution < -0.4 is 4.74 Å². The number of benzene rings is 2. The molecule has 1 N–H and O–H groups in total. The van der Waals surface area contributed by atoms with Crippen molar-refractivity contribution in [2.45, 2.75) is 0 Å². The average molecular weight is 319 g/mol. The van der Waals surface area contributed by atoms with Crippen molar-refractivity contribution in [1.29, 1.82) is 0 Å². The summed E-state index contributed by atoms with van der Waals surface area (Å²) in [5, 5.41) is 11.0. The first-order valence-electron chi connectivity index (χ1n) is 7.37. The van der Waals surface area contributed by atoms with Gasteiger partial charge in [-0.25, -0.2) is 9.78 Å². The molecule has 0 bridgehead atoms. The summed E-state index contributed by atoms with van der Waals surface area (Å²) in [7, 11) is 1.60. The Morgan fingerprint density at radius 1 is 1.12 bits per heavy atom. The number of para-hydroxylation sites is 1. The van der Waals surface area contributed by atoms with Crippen molar-refractivity contribution in [2.75, 3.05) is 7.11 Å². The van der Waals surface area contributed by atoms with Crippen LogP contribution in [-0.2, 0) is 0 Å². The van der Waals surface area contributed by atoms with Gasteiger partial charge in [0.1, 0.15) is 17.0 Å². The molecule has 4 rings (SSSR count). The highest BCUT2D eigenvalue weighted by molar-refractivity contribution is 6.03. The Balaban J connectivity index is 1.94. The molecule has 2 heterocycles. The van der Waals surface area contributed by atoms with E-state index in [9.17, 15) is 9.90 Å². The van der Waals surface area contributed by atoms with Crippen LogP contribution in [0.4, 0.5) is 0 Å². The number of aromatic carboxylic acids is 1. The number of methoxy groups -OCH3 is 1. The van der Waals surface area contributed by atoms with Crippen LogP contribution in [0.2, 0.25) is 0 Å². The monoisotopic (exact) mass is 319 g/mol. The molecule has 0 aliphatic rings. The van der Waals surface area contributed by atoms with Crippen molar-refractivity contribution in [3.8, 4) is 17.2 Å². The second kappa shape index (κ2) is 5.38. The van der Waals surface area contributed by atoms with E-state index in [1.807, 2.05) is 30.3 Å². The van der Waals surface area contributed by atoms with Gasteiger partial charge in [-0.05, 0) is 36.4 Å². The third-order valence-corrected chi connectivity index (χ3v) is 3.92. The Morgan fingerprint density at radius 3 is 2.75 bits per heavy atom. The minimum absolute atomic E-state index is 0.202. The first kappa shape index (κ1) is 14.3. The zero-order valence-electron chi connectivity index (χ0n) is 12.8. The molecule has 0 amide bonds. The molecular formula is C19H13NO4. The van der Waals surface area contributed by atoms with Crippen molar-refractivity contribution in [2.24, 2.45) is 0 Å². The lowest BCUT2D eigenvalue weighted by Gasteiger charge is -2.04. The summed E-state index contributed by atoms with van der Waals surface area (Å²) in [6.45, 7) is 0. The number of aromatic nitrogens is 1. The lowest BCUT2D eigenvalue weighted by molar-refractivity contribution is 0.0699. The Morgan fingerprint density at radius 2 is 1.96 bits per heavy atom. The van der Waals surface area contributed by atoms with Gasteiger partial charge in [0.2, 0.25) is 0 Å². The van der Waals surface area contributed by atoms with E-state index in [1.54, 1.807) is 31.4 Å². The van der Waals surface area contributed by atoms with E-state index in [-0.39, 0.29) is 5.56 Å². The van der Waals surface area contributed by atoms with Gasteiger partial charge in [0.05, 0.1) is 18.2 Å². The average Bonchev–Trinajstić information content (AvgIpc) is 3.03. The summed E-state index contributed by atoms with van der Waals surface area (Å²) < 4.78 is 11.0. The minimum Gasteiger partial charge on any atom is -0.497 e. The fourth-order valence-electron chi connectivity index (χ4n) is 2.75. The molecule has 0 atom stereocenters. The first-order valence-corrected chi connectivity index (χ1v) is 7.37. The highest BCUT2D eigenvalue weighted by atomic mass is 16.5. The standard InChI is InChI=1S/C19H13NO4/c1-23-12-6-7-17-11(8-12)9-18(24-17)16-10-14(19(21)22)13-4-2-3-5-15(13)20-16/h2-10H,1H3,(H,21,22). The number of carboxylic acids is 1. The fraction of sp³-hybridized carbons (Fsp3) is 0.0526. The lowest BCUT2D eigenvalue weighted by atomic mass is 10.1. The Labute approximate surface area is 137 Å². The zero-order valence-corrected chi connectivity index (χ0v) is 12.8. The van der Waals surface area contributed by atoms with Crippen molar-refractivity contribution < 1.29 is 19.1 Å². The molecule has 0 spiro atoms. The van der Waals surface area contributed by atoms with Gasteiger partial charge in [-0.3, -0.25) is 0 Å². The Bertz CT molecular complexity index is 1080. The maximum absolute atomic E-state index is 11.6. The number of carboxylic acid groups (broad SMARTS) is 1. The quantitative estimate of drug-likeness (QED) is 0.607. The molecule has 118 valence electrons. The molecule has 0 saturated heterocycles. The van der Waals surface area contributed by atoms with Gasteiger partial charge in [-0.1, -0.05) is 18.2 Å². The number of hydrogen-bond donors (Lipinski definition) is 1. The van der Waals surface area contributed by atoms with E-state index in [0.29, 0.717) is 27.9 Å². The number of pyridine rings is 1. The molecule has 24 heavy (non-hydrogen) atoms. The Kier molecular flexibility index (Phi) is 3.20. The Hall–Kier alpha value is -3.34. The summed E-state index contributed by atoms with van der Waals surface area (Å²) in [6.07, 6.45) is 0. The van der Waals surface area contributed by atoms with Crippen LogP contribution in [0.25, 0.3) is 33.3 Å². The van der Waals surface area contributed by atoms with Crippen LogP contribution in [0.15, 0.2) is 59.0 Å². The largest absolute Gasteiger partial charge is 0.497 e. The van der Waals surface area contributed by atoms with Gasteiger partial charge in [0.25, 0.3) is 0 Å². The number of fused-ring (bicyclic) bond motifs is 2. The van der Waals surface area contributed by atoms with Crippen molar-refractivity contribution in [1.82, 2.24) is 4.98 Å². The molecule has 0 fully saturated rings. The molecule has 2 aromatic heterocycles. The maximum Gasteiger partial charge on any atom is 0.336 e. The molecule has 0 aliphatic carbocycles. The zero-order chi connectivity index (χ0) is 16.7. The van der Waals surface area contributed by atoms with Crippen LogP contribution in [0, 0.1) is 0 Å². The van der Waals surface area contributed by atoms with Crippen molar-refractivity contribution in [3.05, 3.63) is 60.2 Å².